The topological polar surface area (TPSA) is 47.0 Å². The molecule has 1 heterocycles. The van der Waals surface area contributed by atoms with E-state index >= 15 is 0 Å². The maximum Gasteiger partial charge on any atom is 0.159 e. The van der Waals surface area contributed by atoms with Crippen LogP contribution < -0.4 is 5.32 Å². The van der Waals surface area contributed by atoms with Gasteiger partial charge < -0.3 is 10.1 Å². The lowest BCUT2D eigenvalue weighted by Crippen LogP contribution is -2.34. The van der Waals surface area contributed by atoms with Gasteiger partial charge in [-0.3, -0.25) is 0 Å². The summed E-state index contributed by atoms with van der Waals surface area (Å²) in [4.78, 5) is 9.28. The Hall–Kier alpha value is -1.00. The van der Waals surface area contributed by atoms with Crippen molar-refractivity contribution in [3.8, 4) is 0 Å². The van der Waals surface area contributed by atoms with Crippen LogP contribution in [0, 0.1) is 5.41 Å². The first-order valence-electron chi connectivity index (χ1n) is 6.88. The van der Waals surface area contributed by atoms with Crippen LogP contribution in [0.1, 0.15) is 57.2 Å². The summed E-state index contributed by atoms with van der Waals surface area (Å²) in [5, 5.41) is 3.38. The predicted molar refractivity (Wildman–Crippen MR) is 76.0 cm³/mol. The van der Waals surface area contributed by atoms with E-state index in [4.69, 9.17) is 9.72 Å². The molecule has 0 amide bonds. The second kappa shape index (κ2) is 4.84. The largest absolute Gasteiger partial charge is 0.371 e. The molecular formula is C15H25N3O. The number of aromatic nitrogens is 2. The highest BCUT2D eigenvalue weighted by molar-refractivity contribution is 5.27. The van der Waals surface area contributed by atoms with Gasteiger partial charge in [0.1, 0.15) is 5.60 Å². The summed E-state index contributed by atoms with van der Waals surface area (Å²) in [7, 11) is 3.70. The molecule has 0 spiro atoms. The zero-order chi connectivity index (χ0) is 14.3. The summed E-state index contributed by atoms with van der Waals surface area (Å²) in [5.41, 5.74) is 2.22. The minimum atomic E-state index is -0.439. The molecule has 1 unspecified atom stereocenters. The first-order valence-corrected chi connectivity index (χ1v) is 6.88. The molecule has 0 radical (unpaired) electrons. The van der Waals surface area contributed by atoms with Crippen LogP contribution in [0.3, 0.4) is 0 Å². The van der Waals surface area contributed by atoms with E-state index in [-0.39, 0.29) is 5.41 Å². The number of hydrogen-bond acceptors (Lipinski definition) is 4. The summed E-state index contributed by atoms with van der Waals surface area (Å²) < 4.78 is 5.48. The summed E-state index contributed by atoms with van der Waals surface area (Å²) in [5.74, 6) is 0.765. The molecule has 0 bridgehead atoms. The van der Waals surface area contributed by atoms with Crippen LogP contribution in [-0.2, 0) is 16.8 Å². The molecule has 19 heavy (non-hydrogen) atoms. The number of methoxy groups -OCH3 is 1. The van der Waals surface area contributed by atoms with Crippen molar-refractivity contribution in [3.05, 3.63) is 23.3 Å². The molecule has 0 fully saturated rings. The van der Waals surface area contributed by atoms with Crippen molar-refractivity contribution >= 4 is 0 Å². The fourth-order valence-electron chi connectivity index (χ4n) is 2.69. The number of fused-ring (bicyclic) bond motifs is 1. The third-order valence-corrected chi connectivity index (χ3v) is 4.08. The normalized spacial score (nSPS) is 22.1. The number of nitrogens with one attached hydrogen (secondary N) is 1. The van der Waals surface area contributed by atoms with Crippen molar-refractivity contribution in [2.24, 2.45) is 5.41 Å². The van der Waals surface area contributed by atoms with Crippen LogP contribution in [0.2, 0.25) is 0 Å². The molecule has 0 saturated heterocycles. The molecular weight excluding hydrogens is 238 g/mol. The highest BCUT2D eigenvalue weighted by atomic mass is 16.5. The van der Waals surface area contributed by atoms with Crippen molar-refractivity contribution in [3.63, 3.8) is 0 Å². The Balaban J connectivity index is 2.44. The molecule has 1 aliphatic carbocycles. The maximum absolute atomic E-state index is 5.48. The fraction of sp³-hybridized carbons (Fsp3) is 0.733. The lowest BCUT2D eigenvalue weighted by Gasteiger charge is -2.36. The molecule has 0 saturated carbocycles. The van der Waals surface area contributed by atoms with Gasteiger partial charge in [0.2, 0.25) is 0 Å². The molecule has 1 N–H and O–H groups in total. The zero-order valence-corrected chi connectivity index (χ0v) is 12.9. The maximum atomic E-state index is 5.48. The van der Waals surface area contributed by atoms with Gasteiger partial charge in [-0.1, -0.05) is 13.8 Å². The second-order valence-electron chi connectivity index (χ2n) is 6.70. The number of nitrogens with zero attached hydrogens (tertiary/aromatic N) is 2. The van der Waals surface area contributed by atoms with Crippen LogP contribution in [-0.4, -0.2) is 24.1 Å². The molecule has 4 nitrogen and oxygen atoms in total. The van der Waals surface area contributed by atoms with Crippen LogP contribution in [0.5, 0.6) is 0 Å². The van der Waals surface area contributed by atoms with Crippen molar-refractivity contribution in [2.75, 3.05) is 14.2 Å². The van der Waals surface area contributed by atoms with Crippen molar-refractivity contribution in [2.45, 2.75) is 52.2 Å². The van der Waals surface area contributed by atoms with Crippen molar-refractivity contribution in [1.82, 2.24) is 15.3 Å². The van der Waals surface area contributed by atoms with Gasteiger partial charge in [0.25, 0.3) is 0 Å². The monoisotopic (exact) mass is 263 g/mol. The Morgan fingerprint density at radius 1 is 1.42 bits per heavy atom. The van der Waals surface area contributed by atoms with Crippen LogP contribution in [0.4, 0.5) is 0 Å². The van der Waals surface area contributed by atoms with E-state index in [1.165, 1.54) is 5.56 Å². The van der Waals surface area contributed by atoms with Gasteiger partial charge in [0, 0.05) is 30.6 Å². The average Bonchev–Trinajstić information content (AvgIpc) is 2.35. The summed E-state index contributed by atoms with van der Waals surface area (Å²) >= 11 is 0. The Kier molecular flexibility index (Phi) is 3.67. The third kappa shape index (κ3) is 2.79. The van der Waals surface area contributed by atoms with Crippen LogP contribution in [0.15, 0.2) is 6.20 Å². The molecule has 4 heteroatoms. The van der Waals surface area contributed by atoms with Gasteiger partial charge in [0.15, 0.2) is 5.82 Å². The fourth-order valence-corrected chi connectivity index (χ4v) is 2.69. The van der Waals surface area contributed by atoms with Crippen molar-refractivity contribution < 1.29 is 4.74 Å². The quantitative estimate of drug-likeness (QED) is 0.910. The number of rotatable bonds is 3. The lowest BCUT2D eigenvalue weighted by molar-refractivity contribution is 0.0110. The molecule has 0 aromatic carbocycles. The van der Waals surface area contributed by atoms with E-state index < -0.39 is 5.60 Å². The molecule has 1 aromatic heterocycles. The molecule has 0 aliphatic heterocycles. The Labute approximate surface area is 116 Å². The molecule has 1 atom stereocenters. The standard InChI is InChI=1S/C15H25N3O/c1-14(2)7-11(16-5)10-9-17-13(15(3,4)19-6)18-12(10)8-14/h9,11,16H,7-8H2,1-6H3. The van der Waals surface area contributed by atoms with Gasteiger partial charge >= 0.3 is 0 Å². The van der Waals surface area contributed by atoms with E-state index in [0.717, 1.165) is 24.4 Å². The average molecular weight is 263 g/mol. The first kappa shape index (κ1) is 14.4. The minimum Gasteiger partial charge on any atom is -0.371 e. The molecule has 1 aromatic rings. The smallest absolute Gasteiger partial charge is 0.159 e. The van der Waals surface area contributed by atoms with Gasteiger partial charge in [0.05, 0.1) is 0 Å². The highest BCUT2D eigenvalue weighted by Gasteiger charge is 2.34. The van der Waals surface area contributed by atoms with Crippen LogP contribution in [0.25, 0.3) is 0 Å². The van der Waals surface area contributed by atoms with E-state index in [0.29, 0.717) is 6.04 Å². The van der Waals surface area contributed by atoms with Crippen molar-refractivity contribution in [1.29, 1.82) is 0 Å². The molecule has 106 valence electrons. The number of ether oxygens (including phenoxy) is 1. The third-order valence-electron chi connectivity index (χ3n) is 4.08. The Bertz CT molecular complexity index is 468. The lowest BCUT2D eigenvalue weighted by atomic mass is 9.74. The van der Waals surface area contributed by atoms with Gasteiger partial charge in [-0.05, 0) is 39.2 Å². The Morgan fingerprint density at radius 3 is 2.68 bits per heavy atom. The van der Waals surface area contributed by atoms with E-state index in [1.54, 1.807) is 7.11 Å². The molecule has 2 rings (SSSR count). The number of hydrogen-bond donors (Lipinski definition) is 1. The van der Waals surface area contributed by atoms with E-state index in [9.17, 15) is 0 Å². The summed E-state index contributed by atoms with van der Waals surface area (Å²) in [6, 6.07) is 0.346. The summed E-state index contributed by atoms with van der Waals surface area (Å²) in [6.07, 6.45) is 4.08. The van der Waals surface area contributed by atoms with E-state index in [1.807, 2.05) is 27.1 Å². The van der Waals surface area contributed by atoms with Gasteiger partial charge in [-0.25, -0.2) is 9.97 Å². The minimum absolute atomic E-state index is 0.267. The van der Waals surface area contributed by atoms with Gasteiger partial charge in [-0.15, -0.1) is 0 Å². The predicted octanol–water partition coefficient (Wildman–Crippen LogP) is 2.59. The van der Waals surface area contributed by atoms with Crippen LogP contribution >= 0.6 is 0 Å². The van der Waals surface area contributed by atoms with Gasteiger partial charge in [-0.2, -0.15) is 0 Å². The first-order chi connectivity index (χ1) is 8.79. The summed E-state index contributed by atoms with van der Waals surface area (Å²) in [6.45, 7) is 8.59. The SMILES string of the molecule is CNC1CC(C)(C)Cc2nc(C(C)(C)OC)ncc21. The Morgan fingerprint density at radius 2 is 2.11 bits per heavy atom. The van der Waals surface area contributed by atoms with E-state index in [2.05, 4.69) is 24.1 Å². The highest BCUT2D eigenvalue weighted by Crippen LogP contribution is 2.40. The second-order valence-corrected chi connectivity index (χ2v) is 6.70. The molecule has 1 aliphatic rings. The zero-order valence-electron chi connectivity index (χ0n) is 12.9.